The van der Waals surface area contributed by atoms with Crippen LogP contribution in [0.15, 0.2) is 30.3 Å². The number of nitrogens with one attached hydrogen (secondary N) is 1. The first-order chi connectivity index (χ1) is 9.79. The summed E-state index contributed by atoms with van der Waals surface area (Å²) in [7, 11) is 0. The largest absolute Gasteiger partial charge is 0.336 e. The zero-order valence-corrected chi connectivity index (χ0v) is 12.2. The minimum absolute atomic E-state index is 0.209. The lowest BCUT2D eigenvalue weighted by molar-refractivity contribution is 0.0753. The minimum atomic E-state index is 0.209. The molecule has 2 saturated heterocycles. The van der Waals surface area contributed by atoms with Crippen molar-refractivity contribution < 1.29 is 4.79 Å². The van der Waals surface area contributed by atoms with E-state index in [1.165, 1.54) is 22.9 Å². The van der Waals surface area contributed by atoms with Crippen LogP contribution in [0.3, 0.4) is 0 Å². The number of fused-ring (bicyclic) bond motifs is 3. The lowest BCUT2D eigenvalue weighted by Gasteiger charge is -2.23. The lowest BCUT2D eigenvalue weighted by atomic mass is 10.1. The number of thiophene rings is 1. The Hall–Kier alpha value is -1.39. The molecule has 0 saturated carbocycles. The van der Waals surface area contributed by atoms with Crippen molar-refractivity contribution in [3.8, 4) is 0 Å². The summed E-state index contributed by atoms with van der Waals surface area (Å²) in [4.78, 5) is 15.6. The van der Waals surface area contributed by atoms with E-state index in [4.69, 9.17) is 0 Å². The molecule has 0 spiro atoms. The molecule has 20 heavy (non-hydrogen) atoms. The molecule has 3 heterocycles. The average molecular weight is 286 g/mol. The number of amides is 1. The summed E-state index contributed by atoms with van der Waals surface area (Å²) in [5, 5.41) is 4.80. The first kappa shape index (κ1) is 12.4. The molecule has 2 unspecified atom stereocenters. The Morgan fingerprint density at radius 3 is 2.95 bits per heavy atom. The van der Waals surface area contributed by atoms with E-state index in [9.17, 15) is 4.79 Å². The van der Waals surface area contributed by atoms with E-state index in [1.54, 1.807) is 11.3 Å². The van der Waals surface area contributed by atoms with E-state index >= 15 is 0 Å². The van der Waals surface area contributed by atoms with Crippen LogP contribution in [0, 0.1) is 0 Å². The third-order valence-corrected chi connectivity index (χ3v) is 5.55. The van der Waals surface area contributed by atoms with Crippen LogP contribution in [-0.2, 0) is 0 Å². The van der Waals surface area contributed by atoms with Gasteiger partial charge in [-0.05, 0) is 36.8 Å². The van der Waals surface area contributed by atoms with Crippen molar-refractivity contribution >= 4 is 27.3 Å². The summed E-state index contributed by atoms with van der Waals surface area (Å²) in [5.74, 6) is 0.209. The molecule has 2 atom stereocenters. The van der Waals surface area contributed by atoms with Crippen molar-refractivity contribution in [2.45, 2.75) is 31.3 Å². The van der Waals surface area contributed by atoms with Gasteiger partial charge >= 0.3 is 0 Å². The van der Waals surface area contributed by atoms with Gasteiger partial charge in [0, 0.05) is 29.9 Å². The van der Waals surface area contributed by atoms with Crippen LogP contribution in [0.1, 0.15) is 28.9 Å². The molecule has 1 N–H and O–H groups in total. The highest BCUT2D eigenvalue weighted by Gasteiger charge is 2.31. The highest BCUT2D eigenvalue weighted by Crippen LogP contribution is 2.28. The number of likely N-dealkylation sites (tertiary alicyclic amines) is 1. The normalized spacial score (nSPS) is 25.9. The molecule has 4 heteroatoms. The third-order valence-electron chi connectivity index (χ3n) is 4.45. The highest BCUT2D eigenvalue weighted by molar-refractivity contribution is 7.20. The van der Waals surface area contributed by atoms with Crippen molar-refractivity contribution in [3.05, 3.63) is 35.2 Å². The van der Waals surface area contributed by atoms with Gasteiger partial charge in [0.2, 0.25) is 0 Å². The van der Waals surface area contributed by atoms with Crippen LogP contribution in [0.25, 0.3) is 10.1 Å². The maximum absolute atomic E-state index is 12.7. The van der Waals surface area contributed by atoms with E-state index in [1.807, 2.05) is 23.1 Å². The molecule has 104 valence electrons. The van der Waals surface area contributed by atoms with Gasteiger partial charge in [0.1, 0.15) is 0 Å². The third kappa shape index (κ3) is 2.13. The predicted octanol–water partition coefficient (Wildman–Crippen LogP) is 2.87. The summed E-state index contributed by atoms with van der Waals surface area (Å²) in [6, 6.07) is 11.4. The molecule has 3 nitrogen and oxygen atoms in total. The summed E-state index contributed by atoms with van der Waals surface area (Å²) in [5.41, 5.74) is 0. The molecule has 1 aromatic carbocycles. The predicted molar refractivity (Wildman–Crippen MR) is 82.3 cm³/mol. The maximum Gasteiger partial charge on any atom is 0.264 e. The second-order valence-electron chi connectivity index (χ2n) is 5.83. The molecule has 2 aliphatic heterocycles. The Labute approximate surface area is 122 Å². The molecule has 0 radical (unpaired) electrons. The minimum Gasteiger partial charge on any atom is -0.336 e. The molecular weight excluding hydrogens is 268 g/mol. The number of nitrogens with zero attached hydrogens (tertiary/aromatic N) is 1. The molecule has 2 bridgehead atoms. The fourth-order valence-electron chi connectivity index (χ4n) is 3.37. The maximum atomic E-state index is 12.7. The molecule has 1 amide bonds. The summed E-state index contributed by atoms with van der Waals surface area (Å²) >= 11 is 1.61. The Kier molecular flexibility index (Phi) is 3.00. The zero-order chi connectivity index (χ0) is 13.5. The number of hydrogen-bond acceptors (Lipinski definition) is 3. The van der Waals surface area contributed by atoms with Gasteiger partial charge in [0.15, 0.2) is 0 Å². The highest BCUT2D eigenvalue weighted by atomic mass is 32.1. The van der Waals surface area contributed by atoms with Crippen molar-refractivity contribution in [1.82, 2.24) is 10.2 Å². The van der Waals surface area contributed by atoms with E-state index in [2.05, 4.69) is 17.4 Å². The Morgan fingerprint density at radius 2 is 2.05 bits per heavy atom. The SMILES string of the molecule is O=C(c1cc2ccccc2s1)N1CCC2CCC(C1)N2. The van der Waals surface area contributed by atoms with Gasteiger partial charge < -0.3 is 10.2 Å². The quantitative estimate of drug-likeness (QED) is 0.874. The lowest BCUT2D eigenvalue weighted by Crippen LogP contribution is -2.38. The average Bonchev–Trinajstić information content (AvgIpc) is 3.01. The van der Waals surface area contributed by atoms with Gasteiger partial charge in [-0.25, -0.2) is 0 Å². The monoisotopic (exact) mass is 286 g/mol. The zero-order valence-electron chi connectivity index (χ0n) is 11.3. The van der Waals surface area contributed by atoms with Crippen molar-refractivity contribution in [2.75, 3.05) is 13.1 Å². The number of carbonyl (C=O) groups excluding carboxylic acids is 1. The fraction of sp³-hybridized carbons (Fsp3) is 0.438. The van der Waals surface area contributed by atoms with Gasteiger partial charge in [-0.2, -0.15) is 0 Å². The van der Waals surface area contributed by atoms with E-state index in [-0.39, 0.29) is 5.91 Å². The van der Waals surface area contributed by atoms with E-state index < -0.39 is 0 Å². The molecule has 2 aromatic rings. The number of benzene rings is 1. The first-order valence-electron chi connectivity index (χ1n) is 7.33. The first-order valence-corrected chi connectivity index (χ1v) is 8.15. The van der Waals surface area contributed by atoms with Crippen LogP contribution >= 0.6 is 11.3 Å². The second-order valence-corrected chi connectivity index (χ2v) is 6.91. The molecule has 4 rings (SSSR count). The molecule has 0 aliphatic carbocycles. The van der Waals surface area contributed by atoms with Crippen LogP contribution in [0.4, 0.5) is 0 Å². The van der Waals surface area contributed by atoms with Gasteiger partial charge in [-0.15, -0.1) is 11.3 Å². The topological polar surface area (TPSA) is 32.3 Å². The van der Waals surface area contributed by atoms with Crippen molar-refractivity contribution in [2.24, 2.45) is 0 Å². The van der Waals surface area contributed by atoms with E-state index in [0.29, 0.717) is 12.1 Å². The van der Waals surface area contributed by atoms with Crippen LogP contribution in [0.2, 0.25) is 0 Å². The Bertz CT molecular complexity index is 618. The molecule has 1 aromatic heterocycles. The summed E-state index contributed by atoms with van der Waals surface area (Å²) < 4.78 is 1.20. The number of carbonyl (C=O) groups is 1. The second kappa shape index (κ2) is 4.86. The standard InChI is InChI=1S/C16H18N2OS/c19-16(15-9-11-3-1-2-4-14(11)20-15)18-8-7-12-5-6-13(10-18)17-12/h1-4,9,12-13,17H,5-8,10H2. The number of hydrogen-bond donors (Lipinski definition) is 1. The van der Waals surface area contributed by atoms with Gasteiger partial charge in [0.05, 0.1) is 4.88 Å². The van der Waals surface area contributed by atoms with Gasteiger partial charge in [-0.3, -0.25) is 4.79 Å². The number of rotatable bonds is 1. The smallest absolute Gasteiger partial charge is 0.264 e. The Morgan fingerprint density at radius 1 is 1.20 bits per heavy atom. The van der Waals surface area contributed by atoms with Crippen molar-refractivity contribution in [3.63, 3.8) is 0 Å². The fourth-order valence-corrected chi connectivity index (χ4v) is 4.40. The van der Waals surface area contributed by atoms with Crippen LogP contribution < -0.4 is 5.32 Å². The Balaban J connectivity index is 1.59. The summed E-state index contributed by atoms with van der Waals surface area (Å²) in [6.07, 6.45) is 3.57. The molecule has 2 aliphatic rings. The van der Waals surface area contributed by atoms with Crippen LogP contribution in [0.5, 0.6) is 0 Å². The molecular formula is C16H18N2OS. The summed E-state index contributed by atoms with van der Waals surface area (Å²) in [6.45, 7) is 1.75. The van der Waals surface area contributed by atoms with E-state index in [0.717, 1.165) is 24.4 Å². The molecule has 2 fully saturated rings. The van der Waals surface area contributed by atoms with Crippen molar-refractivity contribution in [1.29, 1.82) is 0 Å². The van der Waals surface area contributed by atoms with Gasteiger partial charge in [0.25, 0.3) is 5.91 Å². The van der Waals surface area contributed by atoms with Gasteiger partial charge in [-0.1, -0.05) is 18.2 Å². The van der Waals surface area contributed by atoms with Crippen LogP contribution in [-0.4, -0.2) is 36.0 Å².